The molecule has 1 heterocycles. The van der Waals surface area contributed by atoms with Crippen LogP contribution in [0.1, 0.15) is 46.5 Å². The molecular formula is C14H29ClN2O. The van der Waals surface area contributed by atoms with E-state index >= 15 is 0 Å². The van der Waals surface area contributed by atoms with Crippen molar-refractivity contribution in [3.63, 3.8) is 0 Å². The smallest absolute Gasteiger partial charge is 0.226 e. The normalized spacial score (nSPS) is 25.4. The van der Waals surface area contributed by atoms with Gasteiger partial charge in [0.25, 0.3) is 0 Å². The van der Waals surface area contributed by atoms with Crippen LogP contribution in [0.15, 0.2) is 0 Å². The number of nitrogens with zero attached hydrogens (tertiary/aromatic N) is 1. The summed E-state index contributed by atoms with van der Waals surface area (Å²) in [7, 11) is 1.90. The number of hydrogen-bond acceptors (Lipinski definition) is 2. The molecule has 1 aliphatic rings. The lowest BCUT2D eigenvalue weighted by atomic mass is 9.78. The van der Waals surface area contributed by atoms with Crippen LogP contribution in [0, 0.1) is 11.3 Å². The average Bonchev–Trinajstić information content (AvgIpc) is 2.28. The Kier molecular flexibility index (Phi) is 7.88. The van der Waals surface area contributed by atoms with Crippen molar-refractivity contribution in [3.8, 4) is 0 Å². The Hall–Kier alpha value is -0.280. The Labute approximate surface area is 118 Å². The molecule has 1 N–H and O–H groups in total. The van der Waals surface area contributed by atoms with Gasteiger partial charge in [0.1, 0.15) is 0 Å². The molecule has 108 valence electrons. The quantitative estimate of drug-likeness (QED) is 0.837. The Morgan fingerprint density at radius 1 is 1.50 bits per heavy atom. The summed E-state index contributed by atoms with van der Waals surface area (Å²) in [5.74, 6) is 0.422. The van der Waals surface area contributed by atoms with Gasteiger partial charge in [-0.1, -0.05) is 27.2 Å². The predicted octanol–water partition coefficient (Wildman–Crippen LogP) is 2.69. The van der Waals surface area contributed by atoms with Crippen LogP contribution < -0.4 is 5.32 Å². The van der Waals surface area contributed by atoms with Gasteiger partial charge in [-0.3, -0.25) is 4.79 Å². The summed E-state index contributed by atoms with van der Waals surface area (Å²) in [4.78, 5) is 14.4. The zero-order chi connectivity index (χ0) is 12.9. The van der Waals surface area contributed by atoms with E-state index in [2.05, 4.69) is 24.1 Å². The topological polar surface area (TPSA) is 32.3 Å². The first-order chi connectivity index (χ1) is 8.02. The van der Waals surface area contributed by atoms with E-state index in [1.165, 1.54) is 19.3 Å². The molecule has 0 aromatic carbocycles. The molecule has 1 rings (SSSR count). The van der Waals surface area contributed by atoms with Crippen LogP contribution in [0.4, 0.5) is 0 Å². The highest BCUT2D eigenvalue weighted by molar-refractivity contribution is 5.85. The van der Waals surface area contributed by atoms with Gasteiger partial charge in [0.15, 0.2) is 0 Å². The summed E-state index contributed by atoms with van der Waals surface area (Å²) < 4.78 is 0. The molecule has 0 aliphatic carbocycles. The van der Waals surface area contributed by atoms with E-state index in [0.29, 0.717) is 11.3 Å². The molecule has 2 atom stereocenters. The first-order valence-electron chi connectivity index (χ1n) is 6.96. The number of piperidine rings is 1. The summed E-state index contributed by atoms with van der Waals surface area (Å²) in [6.45, 7) is 9.26. The summed E-state index contributed by atoms with van der Waals surface area (Å²) in [6.07, 6.45) is 4.88. The van der Waals surface area contributed by atoms with Crippen LogP contribution in [0.5, 0.6) is 0 Å². The minimum absolute atomic E-state index is 0. The third kappa shape index (κ3) is 4.77. The van der Waals surface area contributed by atoms with Crippen molar-refractivity contribution < 1.29 is 4.79 Å². The number of carbonyl (C=O) groups excluding carboxylic acids is 1. The molecule has 1 aliphatic heterocycles. The summed E-state index contributed by atoms with van der Waals surface area (Å²) in [5.41, 5.74) is 0.349. The van der Waals surface area contributed by atoms with E-state index in [1.54, 1.807) is 0 Å². The van der Waals surface area contributed by atoms with Gasteiger partial charge in [0.05, 0.1) is 0 Å². The molecule has 2 unspecified atom stereocenters. The largest absolute Gasteiger partial charge is 0.342 e. The highest BCUT2D eigenvalue weighted by Crippen LogP contribution is 2.34. The van der Waals surface area contributed by atoms with E-state index < -0.39 is 0 Å². The number of likely N-dealkylation sites (tertiary alicyclic amines) is 1. The van der Waals surface area contributed by atoms with E-state index in [1.807, 2.05) is 14.0 Å². The number of rotatable bonds is 5. The van der Waals surface area contributed by atoms with Crippen molar-refractivity contribution in [2.45, 2.75) is 46.5 Å². The summed E-state index contributed by atoms with van der Waals surface area (Å²) >= 11 is 0. The van der Waals surface area contributed by atoms with E-state index in [-0.39, 0.29) is 18.3 Å². The van der Waals surface area contributed by atoms with Gasteiger partial charge in [0, 0.05) is 25.6 Å². The molecule has 0 bridgehead atoms. The fraction of sp³-hybridized carbons (Fsp3) is 0.929. The lowest BCUT2D eigenvalue weighted by molar-refractivity contribution is -0.138. The highest BCUT2D eigenvalue weighted by atomic mass is 35.5. The van der Waals surface area contributed by atoms with Crippen LogP contribution in [0.3, 0.4) is 0 Å². The van der Waals surface area contributed by atoms with Gasteiger partial charge in [-0.15, -0.1) is 12.4 Å². The Morgan fingerprint density at radius 3 is 2.72 bits per heavy atom. The second-order valence-electron chi connectivity index (χ2n) is 5.88. The standard InChI is InChI=1S/C14H28N2O.ClH/c1-5-7-14(3)8-6-9-16(11-14)13(17)12(2)10-15-4;/h12,15H,5-11H2,1-4H3;1H. The van der Waals surface area contributed by atoms with Crippen LogP contribution in [-0.2, 0) is 4.79 Å². The lowest BCUT2D eigenvalue weighted by Crippen LogP contribution is -2.47. The van der Waals surface area contributed by atoms with Crippen LogP contribution in [0.2, 0.25) is 0 Å². The molecule has 18 heavy (non-hydrogen) atoms. The zero-order valence-corrected chi connectivity index (χ0v) is 13.1. The fourth-order valence-electron chi connectivity index (χ4n) is 3.02. The molecule has 1 saturated heterocycles. The number of carbonyl (C=O) groups is 1. The van der Waals surface area contributed by atoms with Crippen LogP contribution >= 0.6 is 12.4 Å². The minimum atomic E-state index is 0. The zero-order valence-electron chi connectivity index (χ0n) is 12.3. The Balaban J connectivity index is 0.00000289. The number of halogens is 1. The van der Waals surface area contributed by atoms with Gasteiger partial charge in [-0.25, -0.2) is 0 Å². The second-order valence-corrected chi connectivity index (χ2v) is 5.88. The molecule has 4 heteroatoms. The number of nitrogens with one attached hydrogen (secondary N) is 1. The van der Waals surface area contributed by atoms with E-state index in [9.17, 15) is 4.79 Å². The molecule has 0 aromatic rings. The highest BCUT2D eigenvalue weighted by Gasteiger charge is 2.33. The van der Waals surface area contributed by atoms with E-state index in [0.717, 1.165) is 26.1 Å². The summed E-state index contributed by atoms with van der Waals surface area (Å²) in [5, 5.41) is 3.09. The van der Waals surface area contributed by atoms with Crippen molar-refractivity contribution in [2.75, 3.05) is 26.7 Å². The molecule has 0 radical (unpaired) electrons. The van der Waals surface area contributed by atoms with Crippen molar-refractivity contribution in [2.24, 2.45) is 11.3 Å². The third-order valence-electron chi connectivity index (χ3n) is 3.88. The first kappa shape index (κ1) is 17.7. The van der Waals surface area contributed by atoms with Gasteiger partial charge in [-0.2, -0.15) is 0 Å². The molecule has 0 spiro atoms. The Morgan fingerprint density at radius 2 is 2.17 bits per heavy atom. The van der Waals surface area contributed by atoms with Crippen LogP contribution in [0.25, 0.3) is 0 Å². The van der Waals surface area contributed by atoms with Crippen LogP contribution in [-0.4, -0.2) is 37.5 Å². The van der Waals surface area contributed by atoms with Crippen molar-refractivity contribution in [1.29, 1.82) is 0 Å². The number of amides is 1. The second kappa shape index (κ2) is 8.00. The maximum Gasteiger partial charge on any atom is 0.226 e. The van der Waals surface area contributed by atoms with Crippen molar-refractivity contribution in [1.82, 2.24) is 10.2 Å². The Bertz CT molecular complexity index is 256. The maximum absolute atomic E-state index is 12.3. The first-order valence-corrected chi connectivity index (χ1v) is 6.96. The monoisotopic (exact) mass is 276 g/mol. The summed E-state index contributed by atoms with van der Waals surface area (Å²) in [6, 6.07) is 0. The van der Waals surface area contributed by atoms with Gasteiger partial charge in [0.2, 0.25) is 5.91 Å². The molecule has 0 saturated carbocycles. The molecule has 3 nitrogen and oxygen atoms in total. The van der Waals surface area contributed by atoms with Gasteiger partial charge in [-0.05, 0) is 31.7 Å². The molecule has 1 amide bonds. The molecular weight excluding hydrogens is 248 g/mol. The maximum atomic E-state index is 12.3. The third-order valence-corrected chi connectivity index (χ3v) is 3.88. The lowest BCUT2D eigenvalue weighted by Gasteiger charge is -2.41. The fourth-order valence-corrected chi connectivity index (χ4v) is 3.02. The average molecular weight is 277 g/mol. The molecule has 0 aromatic heterocycles. The molecule has 1 fully saturated rings. The van der Waals surface area contributed by atoms with Gasteiger partial charge < -0.3 is 10.2 Å². The minimum Gasteiger partial charge on any atom is -0.342 e. The SMILES string of the molecule is CCCC1(C)CCCN(C(=O)C(C)CNC)C1.Cl. The predicted molar refractivity (Wildman–Crippen MR) is 79.2 cm³/mol. The number of hydrogen-bond donors (Lipinski definition) is 1. The van der Waals surface area contributed by atoms with Crippen molar-refractivity contribution in [3.05, 3.63) is 0 Å². The van der Waals surface area contributed by atoms with E-state index in [4.69, 9.17) is 0 Å². The van der Waals surface area contributed by atoms with Crippen molar-refractivity contribution >= 4 is 18.3 Å². The van der Waals surface area contributed by atoms with Gasteiger partial charge >= 0.3 is 0 Å².